The Hall–Kier alpha value is -0.770. The van der Waals surface area contributed by atoms with Crippen LogP contribution in [0.4, 0.5) is 4.79 Å². The van der Waals surface area contributed by atoms with Gasteiger partial charge in [-0.3, -0.25) is 0 Å². The first-order valence-electron chi connectivity index (χ1n) is 4.71. The first kappa shape index (κ1) is 10.3. The number of hydrogen-bond acceptors (Lipinski definition) is 3. The maximum atomic E-state index is 11.1. The highest BCUT2D eigenvalue weighted by atomic mass is 16.5. The van der Waals surface area contributed by atoms with E-state index in [9.17, 15) is 4.79 Å². The van der Waals surface area contributed by atoms with E-state index < -0.39 is 0 Å². The summed E-state index contributed by atoms with van der Waals surface area (Å²) in [4.78, 5) is 12.8. The van der Waals surface area contributed by atoms with Gasteiger partial charge in [-0.25, -0.2) is 4.79 Å². The number of hydrogen-bond donors (Lipinski definition) is 1. The molecule has 1 aliphatic rings. The number of carbonyl (C=O) groups excluding carboxylic acids is 1. The molecule has 1 N–H and O–H groups in total. The third-order valence-corrected chi connectivity index (χ3v) is 2.49. The standard InChI is InChI=1S/C9H17NO3/c1-13-9(12)10-5-4-8(7-10)3-2-6-11/h8,11H,2-7H2,1H3/t8-/m0/s1. The molecule has 1 aliphatic heterocycles. The summed E-state index contributed by atoms with van der Waals surface area (Å²) in [5.74, 6) is 0.547. The molecule has 1 saturated heterocycles. The van der Waals surface area contributed by atoms with Crippen molar-refractivity contribution in [1.29, 1.82) is 0 Å². The third kappa shape index (κ3) is 2.88. The second-order valence-electron chi connectivity index (χ2n) is 3.44. The van der Waals surface area contributed by atoms with E-state index in [-0.39, 0.29) is 12.7 Å². The van der Waals surface area contributed by atoms with Crippen molar-refractivity contribution in [1.82, 2.24) is 4.90 Å². The van der Waals surface area contributed by atoms with Gasteiger partial charge in [0.15, 0.2) is 0 Å². The van der Waals surface area contributed by atoms with Crippen LogP contribution in [0.1, 0.15) is 19.3 Å². The van der Waals surface area contributed by atoms with Crippen LogP contribution in [0, 0.1) is 5.92 Å². The van der Waals surface area contributed by atoms with Gasteiger partial charge in [-0.1, -0.05) is 0 Å². The summed E-state index contributed by atoms with van der Waals surface area (Å²) in [6, 6.07) is 0. The SMILES string of the molecule is COC(=O)N1CC[C@H](CCCO)C1. The highest BCUT2D eigenvalue weighted by molar-refractivity contribution is 5.67. The second kappa shape index (κ2) is 5.07. The number of likely N-dealkylation sites (tertiary alicyclic amines) is 1. The van der Waals surface area contributed by atoms with Gasteiger partial charge < -0.3 is 14.7 Å². The van der Waals surface area contributed by atoms with Crippen molar-refractivity contribution in [2.24, 2.45) is 5.92 Å². The van der Waals surface area contributed by atoms with Gasteiger partial charge >= 0.3 is 6.09 Å². The predicted molar refractivity (Wildman–Crippen MR) is 48.4 cm³/mol. The van der Waals surface area contributed by atoms with E-state index in [4.69, 9.17) is 5.11 Å². The lowest BCUT2D eigenvalue weighted by Crippen LogP contribution is -2.28. The van der Waals surface area contributed by atoms with Crippen LogP contribution in [-0.4, -0.2) is 42.9 Å². The molecule has 1 fully saturated rings. The predicted octanol–water partition coefficient (Wildman–Crippen LogP) is 0.847. The topological polar surface area (TPSA) is 49.8 Å². The molecule has 0 aromatic rings. The number of aliphatic hydroxyl groups excluding tert-OH is 1. The zero-order valence-electron chi connectivity index (χ0n) is 8.03. The van der Waals surface area contributed by atoms with Crippen LogP contribution in [0.2, 0.25) is 0 Å². The van der Waals surface area contributed by atoms with Gasteiger partial charge in [0.2, 0.25) is 0 Å². The Morgan fingerprint density at radius 3 is 3.08 bits per heavy atom. The summed E-state index contributed by atoms with van der Waals surface area (Å²) in [5.41, 5.74) is 0. The van der Waals surface area contributed by atoms with E-state index in [2.05, 4.69) is 4.74 Å². The van der Waals surface area contributed by atoms with Gasteiger partial charge in [0, 0.05) is 19.7 Å². The van der Waals surface area contributed by atoms with E-state index in [1.807, 2.05) is 0 Å². The van der Waals surface area contributed by atoms with Crippen LogP contribution >= 0.6 is 0 Å². The fourth-order valence-electron chi connectivity index (χ4n) is 1.74. The maximum Gasteiger partial charge on any atom is 0.409 e. The number of methoxy groups -OCH3 is 1. The number of rotatable bonds is 3. The molecule has 0 aromatic carbocycles. The minimum Gasteiger partial charge on any atom is -0.453 e. The van der Waals surface area contributed by atoms with Gasteiger partial charge in [0.05, 0.1) is 7.11 Å². The van der Waals surface area contributed by atoms with Crippen LogP contribution in [-0.2, 0) is 4.74 Å². The molecule has 0 bridgehead atoms. The van der Waals surface area contributed by atoms with E-state index >= 15 is 0 Å². The van der Waals surface area contributed by atoms with Crippen LogP contribution < -0.4 is 0 Å². The van der Waals surface area contributed by atoms with Gasteiger partial charge in [-0.2, -0.15) is 0 Å². The quantitative estimate of drug-likeness (QED) is 0.712. The van der Waals surface area contributed by atoms with Crippen molar-refractivity contribution < 1.29 is 14.6 Å². The van der Waals surface area contributed by atoms with Gasteiger partial charge in [0.25, 0.3) is 0 Å². The highest BCUT2D eigenvalue weighted by Gasteiger charge is 2.25. The molecule has 0 aromatic heterocycles. The van der Waals surface area contributed by atoms with Crippen molar-refractivity contribution in [3.05, 3.63) is 0 Å². The molecule has 0 radical (unpaired) electrons. The Labute approximate surface area is 78.5 Å². The number of amides is 1. The second-order valence-corrected chi connectivity index (χ2v) is 3.44. The maximum absolute atomic E-state index is 11.1. The van der Waals surface area contributed by atoms with Crippen molar-refractivity contribution in [2.75, 3.05) is 26.8 Å². The van der Waals surface area contributed by atoms with E-state index in [0.717, 1.165) is 32.4 Å². The first-order valence-corrected chi connectivity index (χ1v) is 4.71. The van der Waals surface area contributed by atoms with E-state index in [1.165, 1.54) is 7.11 Å². The summed E-state index contributed by atoms with van der Waals surface area (Å²) in [6.07, 6.45) is 2.64. The van der Waals surface area contributed by atoms with Crippen LogP contribution in [0.25, 0.3) is 0 Å². The molecule has 4 nitrogen and oxygen atoms in total. The van der Waals surface area contributed by atoms with Crippen LogP contribution in [0.15, 0.2) is 0 Å². The Morgan fingerprint density at radius 2 is 2.46 bits per heavy atom. The van der Waals surface area contributed by atoms with Gasteiger partial charge in [-0.05, 0) is 25.2 Å². The summed E-state index contributed by atoms with van der Waals surface area (Å²) < 4.78 is 4.62. The number of carbonyl (C=O) groups is 1. The number of ether oxygens (including phenoxy) is 1. The van der Waals surface area contributed by atoms with Gasteiger partial charge in [0.1, 0.15) is 0 Å². The first-order chi connectivity index (χ1) is 6.27. The lowest BCUT2D eigenvalue weighted by molar-refractivity contribution is 0.131. The minimum atomic E-state index is -0.230. The van der Waals surface area contributed by atoms with Crippen LogP contribution in [0.5, 0.6) is 0 Å². The van der Waals surface area contributed by atoms with Crippen molar-refractivity contribution in [3.8, 4) is 0 Å². The van der Waals surface area contributed by atoms with Gasteiger partial charge in [-0.15, -0.1) is 0 Å². The van der Waals surface area contributed by atoms with Crippen molar-refractivity contribution in [3.63, 3.8) is 0 Å². The minimum absolute atomic E-state index is 0.230. The lowest BCUT2D eigenvalue weighted by atomic mass is 10.0. The Kier molecular flexibility index (Phi) is 4.02. The Bertz CT molecular complexity index is 172. The molecule has 1 rings (SSSR count). The summed E-state index contributed by atoms with van der Waals surface area (Å²) >= 11 is 0. The zero-order valence-corrected chi connectivity index (χ0v) is 8.03. The molecule has 0 saturated carbocycles. The summed E-state index contributed by atoms with van der Waals surface area (Å²) in [7, 11) is 1.41. The molecule has 4 heteroatoms. The molecule has 1 amide bonds. The monoisotopic (exact) mass is 187 g/mol. The van der Waals surface area contributed by atoms with E-state index in [0.29, 0.717) is 5.92 Å². The molecule has 76 valence electrons. The lowest BCUT2D eigenvalue weighted by Gasteiger charge is -2.14. The van der Waals surface area contributed by atoms with Crippen molar-refractivity contribution in [2.45, 2.75) is 19.3 Å². The fraction of sp³-hybridized carbons (Fsp3) is 0.889. The molecular formula is C9H17NO3. The molecule has 13 heavy (non-hydrogen) atoms. The summed E-state index contributed by atoms with van der Waals surface area (Å²) in [5, 5.41) is 8.64. The fourth-order valence-corrected chi connectivity index (χ4v) is 1.74. The van der Waals surface area contributed by atoms with Crippen LogP contribution in [0.3, 0.4) is 0 Å². The Balaban J connectivity index is 2.23. The molecular weight excluding hydrogens is 170 g/mol. The number of aliphatic hydroxyl groups is 1. The third-order valence-electron chi connectivity index (χ3n) is 2.49. The molecule has 0 spiro atoms. The normalized spacial score (nSPS) is 22.0. The highest BCUT2D eigenvalue weighted by Crippen LogP contribution is 2.20. The molecule has 1 heterocycles. The largest absolute Gasteiger partial charge is 0.453 e. The van der Waals surface area contributed by atoms with E-state index in [1.54, 1.807) is 4.90 Å². The zero-order chi connectivity index (χ0) is 9.68. The van der Waals surface area contributed by atoms with Crippen molar-refractivity contribution >= 4 is 6.09 Å². The molecule has 0 unspecified atom stereocenters. The Morgan fingerprint density at radius 1 is 1.69 bits per heavy atom. The smallest absolute Gasteiger partial charge is 0.409 e. The summed E-state index contributed by atoms with van der Waals surface area (Å²) in [6.45, 7) is 1.82. The number of nitrogens with zero attached hydrogens (tertiary/aromatic N) is 1. The average Bonchev–Trinajstić information content (AvgIpc) is 2.62. The molecule has 1 atom stereocenters. The average molecular weight is 187 g/mol. The molecule has 0 aliphatic carbocycles.